The SMILES string of the molecule is Cc1ccc(C2=NCC=C2)s1. The Labute approximate surface area is 70.1 Å². The van der Waals surface area contributed by atoms with Crippen LogP contribution in [-0.4, -0.2) is 12.3 Å². The zero-order valence-electron chi connectivity index (χ0n) is 6.37. The summed E-state index contributed by atoms with van der Waals surface area (Å²) in [6.07, 6.45) is 4.18. The van der Waals surface area contributed by atoms with E-state index in [1.165, 1.54) is 9.75 Å². The summed E-state index contributed by atoms with van der Waals surface area (Å²) in [5, 5.41) is 0. The van der Waals surface area contributed by atoms with Crippen molar-refractivity contribution in [3.05, 3.63) is 34.0 Å². The highest BCUT2D eigenvalue weighted by Gasteiger charge is 2.04. The van der Waals surface area contributed by atoms with Gasteiger partial charge < -0.3 is 0 Å². The Hall–Kier alpha value is -0.890. The van der Waals surface area contributed by atoms with Crippen LogP contribution in [-0.2, 0) is 0 Å². The maximum Gasteiger partial charge on any atom is 0.0747 e. The number of thiophene rings is 1. The summed E-state index contributed by atoms with van der Waals surface area (Å²) in [5.74, 6) is 0. The van der Waals surface area contributed by atoms with Gasteiger partial charge in [0, 0.05) is 4.88 Å². The summed E-state index contributed by atoms with van der Waals surface area (Å²) in [6.45, 7) is 2.97. The van der Waals surface area contributed by atoms with Gasteiger partial charge in [0.15, 0.2) is 0 Å². The lowest BCUT2D eigenvalue weighted by molar-refractivity contribution is 1.28. The first-order valence-electron chi connectivity index (χ1n) is 3.64. The van der Waals surface area contributed by atoms with Crippen molar-refractivity contribution < 1.29 is 0 Å². The predicted molar refractivity (Wildman–Crippen MR) is 49.6 cm³/mol. The van der Waals surface area contributed by atoms with E-state index in [9.17, 15) is 0 Å². The summed E-state index contributed by atoms with van der Waals surface area (Å²) in [7, 11) is 0. The molecule has 0 bridgehead atoms. The fourth-order valence-electron chi connectivity index (χ4n) is 1.10. The number of hydrogen-bond acceptors (Lipinski definition) is 2. The average Bonchev–Trinajstić information content (AvgIpc) is 2.55. The molecule has 0 aliphatic carbocycles. The molecule has 1 aromatic rings. The third kappa shape index (κ3) is 1.26. The number of aryl methyl sites for hydroxylation is 1. The Morgan fingerprint density at radius 3 is 2.91 bits per heavy atom. The monoisotopic (exact) mass is 163 g/mol. The van der Waals surface area contributed by atoms with Gasteiger partial charge in [-0.1, -0.05) is 6.08 Å². The van der Waals surface area contributed by atoms with Gasteiger partial charge in [0.25, 0.3) is 0 Å². The van der Waals surface area contributed by atoms with E-state index < -0.39 is 0 Å². The molecule has 0 unspecified atom stereocenters. The Balaban J connectivity index is 2.36. The van der Waals surface area contributed by atoms with Gasteiger partial charge in [-0.25, -0.2) is 0 Å². The molecule has 56 valence electrons. The lowest BCUT2D eigenvalue weighted by atomic mass is 10.3. The first-order valence-corrected chi connectivity index (χ1v) is 4.46. The normalized spacial score (nSPS) is 15.5. The second-order valence-electron chi connectivity index (χ2n) is 2.54. The zero-order chi connectivity index (χ0) is 7.68. The molecule has 2 heterocycles. The number of rotatable bonds is 1. The standard InChI is InChI=1S/C9H9NS/c1-7-4-5-9(11-7)8-3-2-6-10-8/h2-5H,6H2,1H3. The number of hydrogen-bond donors (Lipinski definition) is 0. The molecule has 0 fully saturated rings. The largest absolute Gasteiger partial charge is 0.280 e. The molecule has 0 atom stereocenters. The van der Waals surface area contributed by atoms with Crippen LogP contribution in [0, 0.1) is 6.92 Å². The fourth-order valence-corrected chi connectivity index (χ4v) is 1.96. The summed E-state index contributed by atoms with van der Waals surface area (Å²) in [5.41, 5.74) is 1.14. The molecule has 0 saturated carbocycles. The third-order valence-electron chi connectivity index (χ3n) is 1.64. The van der Waals surface area contributed by atoms with Gasteiger partial charge in [-0.2, -0.15) is 0 Å². The van der Waals surface area contributed by atoms with Crippen molar-refractivity contribution in [2.45, 2.75) is 6.92 Å². The van der Waals surface area contributed by atoms with E-state index in [0.717, 1.165) is 12.3 Å². The van der Waals surface area contributed by atoms with Crippen molar-refractivity contribution in [1.29, 1.82) is 0 Å². The van der Waals surface area contributed by atoms with Crippen LogP contribution in [0.15, 0.2) is 29.3 Å². The molecule has 0 N–H and O–H groups in total. The van der Waals surface area contributed by atoms with Gasteiger partial charge in [-0.05, 0) is 25.1 Å². The maximum atomic E-state index is 4.34. The lowest BCUT2D eigenvalue weighted by Gasteiger charge is -1.88. The van der Waals surface area contributed by atoms with Gasteiger partial charge in [0.1, 0.15) is 0 Å². The van der Waals surface area contributed by atoms with E-state index in [0.29, 0.717) is 0 Å². The molecule has 0 amide bonds. The van der Waals surface area contributed by atoms with Gasteiger partial charge in [0.05, 0.1) is 17.1 Å². The van der Waals surface area contributed by atoms with Crippen molar-refractivity contribution in [3.63, 3.8) is 0 Å². The van der Waals surface area contributed by atoms with E-state index in [-0.39, 0.29) is 0 Å². The van der Waals surface area contributed by atoms with Gasteiger partial charge >= 0.3 is 0 Å². The quantitative estimate of drug-likeness (QED) is 0.603. The maximum absolute atomic E-state index is 4.34. The molecule has 1 aromatic heterocycles. The molecule has 0 spiro atoms. The molecule has 11 heavy (non-hydrogen) atoms. The molecular formula is C9H9NS. The molecule has 1 aliphatic rings. The highest BCUT2D eigenvalue weighted by atomic mass is 32.1. The second kappa shape index (κ2) is 2.62. The van der Waals surface area contributed by atoms with E-state index in [1.807, 2.05) is 0 Å². The minimum absolute atomic E-state index is 0.853. The lowest BCUT2D eigenvalue weighted by Crippen LogP contribution is -1.87. The molecular weight excluding hydrogens is 154 g/mol. The van der Waals surface area contributed by atoms with Crippen molar-refractivity contribution >= 4 is 17.0 Å². The van der Waals surface area contributed by atoms with Crippen LogP contribution in [0.25, 0.3) is 0 Å². The minimum atomic E-state index is 0.853. The molecule has 0 radical (unpaired) electrons. The molecule has 2 rings (SSSR count). The van der Waals surface area contributed by atoms with E-state index in [4.69, 9.17) is 0 Å². The van der Waals surface area contributed by atoms with Crippen molar-refractivity contribution in [2.24, 2.45) is 4.99 Å². The predicted octanol–water partition coefficient (Wildman–Crippen LogP) is 2.42. The van der Waals surface area contributed by atoms with E-state index in [2.05, 4.69) is 36.2 Å². The first-order chi connectivity index (χ1) is 5.36. The van der Waals surface area contributed by atoms with Crippen molar-refractivity contribution in [3.8, 4) is 0 Å². The van der Waals surface area contributed by atoms with E-state index >= 15 is 0 Å². The summed E-state index contributed by atoms with van der Waals surface area (Å²) < 4.78 is 0. The van der Waals surface area contributed by atoms with Crippen LogP contribution in [0.5, 0.6) is 0 Å². The van der Waals surface area contributed by atoms with E-state index in [1.54, 1.807) is 11.3 Å². The van der Waals surface area contributed by atoms with Gasteiger partial charge in [-0.3, -0.25) is 4.99 Å². The topological polar surface area (TPSA) is 12.4 Å². The van der Waals surface area contributed by atoms with Gasteiger partial charge in [-0.15, -0.1) is 11.3 Å². The Morgan fingerprint density at radius 1 is 1.45 bits per heavy atom. The Morgan fingerprint density at radius 2 is 2.36 bits per heavy atom. The van der Waals surface area contributed by atoms with Crippen LogP contribution < -0.4 is 0 Å². The minimum Gasteiger partial charge on any atom is -0.280 e. The van der Waals surface area contributed by atoms with Crippen molar-refractivity contribution in [1.82, 2.24) is 0 Å². The highest BCUT2D eigenvalue weighted by molar-refractivity contribution is 7.14. The Bertz CT molecular complexity index is 320. The molecule has 0 saturated heterocycles. The van der Waals surface area contributed by atoms with Crippen LogP contribution in [0.1, 0.15) is 9.75 Å². The van der Waals surface area contributed by atoms with Crippen LogP contribution in [0.3, 0.4) is 0 Å². The van der Waals surface area contributed by atoms with Crippen LogP contribution in [0.4, 0.5) is 0 Å². The summed E-state index contributed by atoms with van der Waals surface area (Å²) >= 11 is 1.80. The molecule has 2 heteroatoms. The van der Waals surface area contributed by atoms with Crippen molar-refractivity contribution in [2.75, 3.05) is 6.54 Å². The number of nitrogens with zero attached hydrogens (tertiary/aromatic N) is 1. The Kier molecular flexibility index (Phi) is 1.62. The molecule has 1 nitrogen and oxygen atoms in total. The number of allylic oxidation sites excluding steroid dienone is 1. The third-order valence-corrected chi connectivity index (χ3v) is 2.66. The highest BCUT2D eigenvalue weighted by Crippen LogP contribution is 2.17. The van der Waals surface area contributed by atoms with Crippen LogP contribution in [0.2, 0.25) is 0 Å². The first kappa shape index (κ1) is 6.80. The average molecular weight is 163 g/mol. The zero-order valence-corrected chi connectivity index (χ0v) is 7.19. The molecule has 1 aliphatic heterocycles. The van der Waals surface area contributed by atoms with Gasteiger partial charge in [0.2, 0.25) is 0 Å². The smallest absolute Gasteiger partial charge is 0.0747 e. The van der Waals surface area contributed by atoms with Crippen LogP contribution >= 0.6 is 11.3 Å². The second-order valence-corrected chi connectivity index (χ2v) is 3.83. The fraction of sp³-hybridized carbons (Fsp3) is 0.222. The summed E-state index contributed by atoms with van der Waals surface area (Å²) in [6, 6.07) is 4.27. The number of aliphatic imine (C=N–C) groups is 1. The summed E-state index contributed by atoms with van der Waals surface area (Å²) in [4.78, 5) is 6.97. The molecule has 0 aromatic carbocycles.